The largest absolute Gasteiger partial charge is 0.493 e. The van der Waals surface area contributed by atoms with Crippen molar-refractivity contribution in [2.24, 2.45) is 5.10 Å². The van der Waals surface area contributed by atoms with E-state index in [0.29, 0.717) is 11.5 Å². The molecule has 0 amide bonds. The molecule has 0 spiro atoms. The minimum atomic E-state index is -1.05. The number of benzene rings is 1. The Morgan fingerprint density at radius 3 is 2.80 bits per heavy atom. The minimum absolute atomic E-state index is 0.358. The van der Waals surface area contributed by atoms with E-state index in [9.17, 15) is 4.79 Å². The van der Waals surface area contributed by atoms with Crippen molar-refractivity contribution < 1.29 is 19.4 Å². The summed E-state index contributed by atoms with van der Waals surface area (Å²) in [4.78, 5) is 10.5. The first kappa shape index (κ1) is 13.5. The van der Waals surface area contributed by atoms with Gasteiger partial charge in [0.1, 0.15) is 12.7 Å². The number of hydrogen-bond acceptors (Lipinski definition) is 6. The van der Waals surface area contributed by atoms with Crippen molar-refractivity contribution in [3.63, 3.8) is 0 Å². The molecule has 0 aliphatic rings. The number of aromatic nitrogens is 3. The van der Waals surface area contributed by atoms with Crippen LogP contribution in [0.25, 0.3) is 0 Å². The molecule has 8 nitrogen and oxygen atoms in total. The summed E-state index contributed by atoms with van der Waals surface area (Å²) in [5, 5.41) is 19.9. The fourth-order valence-corrected chi connectivity index (χ4v) is 1.41. The summed E-state index contributed by atoms with van der Waals surface area (Å²) in [6.07, 6.45) is 4.50. The summed E-state index contributed by atoms with van der Waals surface area (Å²) in [5.41, 5.74) is 0.762. The highest BCUT2D eigenvalue weighted by atomic mass is 16.5. The summed E-state index contributed by atoms with van der Waals surface area (Å²) in [5.74, 6) is -0.263. The standard InChI is InChI=1S/C12H12N4O4/c1-19-11-4-9(5-15-16-7-13-14-8-16)2-3-10(11)20-6-12(17)18/h2-5,7-8H,6H2,1H3,(H,17,18)/b15-5-. The molecule has 0 saturated carbocycles. The Morgan fingerprint density at radius 1 is 1.40 bits per heavy atom. The quantitative estimate of drug-likeness (QED) is 0.777. The third-order valence-electron chi connectivity index (χ3n) is 2.29. The molecular weight excluding hydrogens is 264 g/mol. The number of rotatable bonds is 6. The Hall–Kier alpha value is -2.90. The lowest BCUT2D eigenvalue weighted by atomic mass is 10.2. The predicted octanol–water partition coefficient (Wildman–Crippen LogP) is 0.632. The van der Waals surface area contributed by atoms with Gasteiger partial charge in [0, 0.05) is 0 Å². The van der Waals surface area contributed by atoms with Crippen LogP contribution in [0.2, 0.25) is 0 Å². The molecule has 0 aliphatic heterocycles. The van der Waals surface area contributed by atoms with Gasteiger partial charge < -0.3 is 14.6 Å². The lowest BCUT2D eigenvalue weighted by molar-refractivity contribution is -0.139. The number of methoxy groups -OCH3 is 1. The molecule has 2 rings (SSSR count). The van der Waals surface area contributed by atoms with Crippen LogP contribution < -0.4 is 9.47 Å². The van der Waals surface area contributed by atoms with Crippen LogP contribution in [-0.4, -0.2) is 45.9 Å². The molecule has 0 atom stereocenters. The van der Waals surface area contributed by atoms with Crippen molar-refractivity contribution in [2.75, 3.05) is 13.7 Å². The van der Waals surface area contributed by atoms with Gasteiger partial charge in [-0.2, -0.15) is 5.10 Å². The average molecular weight is 276 g/mol. The molecule has 0 fully saturated rings. The minimum Gasteiger partial charge on any atom is -0.493 e. The normalized spacial score (nSPS) is 10.7. The van der Waals surface area contributed by atoms with Gasteiger partial charge in [-0.15, -0.1) is 10.2 Å². The molecule has 0 radical (unpaired) electrons. The molecule has 1 heterocycles. The van der Waals surface area contributed by atoms with E-state index in [4.69, 9.17) is 14.6 Å². The monoisotopic (exact) mass is 276 g/mol. The highest BCUT2D eigenvalue weighted by Gasteiger charge is 2.07. The molecule has 0 aliphatic carbocycles. The van der Waals surface area contributed by atoms with E-state index in [1.54, 1.807) is 24.4 Å². The van der Waals surface area contributed by atoms with Crippen LogP contribution in [0.1, 0.15) is 5.56 Å². The van der Waals surface area contributed by atoms with Gasteiger partial charge in [-0.1, -0.05) is 0 Å². The highest BCUT2D eigenvalue weighted by molar-refractivity contribution is 5.80. The van der Waals surface area contributed by atoms with Gasteiger partial charge in [0.15, 0.2) is 18.1 Å². The highest BCUT2D eigenvalue weighted by Crippen LogP contribution is 2.27. The molecule has 20 heavy (non-hydrogen) atoms. The van der Waals surface area contributed by atoms with E-state index < -0.39 is 12.6 Å². The van der Waals surface area contributed by atoms with E-state index in [1.165, 1.54) is 24.4 Å². The number of carboxylic acid groups (broad SMARTS) is 1. The SMILES string of the molecule is COc1cc(/C=N\n2cnnc2)ccc1OCC(=O)O. The Bertz CT molecular complexity index is 610. The summed E-state index contributed by atoms with van der Waals surface area (Å²) in [7, 11) is 1.48. The summed E-state index contributed by atoms with van der Waals surface area (Å²) >= 11 is 0. The molecule has 8 heteroatoms. The van der Waals surface area contributed by atoms with Crippen LogP contribution in [-0.2, 0) is 4.79 Å². The van der Waals surface area contributed by atoms with Gasteiger partial charge in [-0.05, 0) is 23.8 Å². The van der Waals surface area contributed by atoms with Crippen LogP contribution in [0, 0.1) is 0 Å². The molecule has 1 aromatic heterocycles. The number of carbonyl (C=O) groups is 1. The number of ether oxygens (including phenoxy) is 2. The topological polar surface area (TPSA) is 98.8 Å². The lowest BCUT2D eigenvalue weighted by Crippen LogP contribution is -2.10. The first-order chi connectivity index (χ1) is 9.69. The fraction of sp³-hybridized carbons (Fsp3) is 0.167. The second-order valence-corrected chi connectivity index (χ2v) is 3.68. The first-order valence-electron chi connectivity index (χ1n) is 5.60. The van der Waals surface area contributed by atoms with Crippen LogP contribution in [0.5, 0.6) is 11.5 Å². The van der Waals surface area contributed by atoms with E-state index in [1.807, 2.05) is 0 Å². The molecule has 2 aromatic rings. The van der Waals surface area contributed by atoms with Crippen molar-refractivity contribution >= 4 is 12.2 Å². The number of carboxylic acids is 1. The smallest absolute Gasteiger partial charge is 0.341 e. The predicted molar refractivity (Wildman–Crippen MR) is 69.1 cm³/mol. The van der Waals surface area contributed by atoms with E-state index in [-0.39, 0.29) is 0 Å². The van der Waals surface area contributed by atoms with Crippen LogP contribution in [0.15, 0.2) is 36.0 Å². The third-order valence-corrected chi connectivity index (χ3v) is 2.29. The Labute approximate surface area is 114 Å². The van der Waals surface area contributed by atoms with E-state index in [0.717, 1.165) is 5.56 Å². The van der Waals surface area contributed by atoms with Crippen LogP contribution in [0.3, 0.4) is 0 Å². The van der Waals surface area contributed by atoms with Crippen molar-refractivity contribution in [3.05, 3.63) is 36.4 Å². The van der Waals surface area contributed by atoms with Crippen LogP contribution in [0.4, 0.5) is 0 Å². The molecule has 1 aromatic carbocycles. The Morgan fingerprint density at radius 2 is 2.15 bits per heavy atom. The zero-order valence-electron chi connectivity index (χ0n) is 10.6. The number of hydrogen-bond donors (Lipinski definition) is 1. The van der Waals surface area contributed by atoms with Gasteiger partial charge in [0.25, 0.3) is 0 Å². The molecular formula is C12H12N4O4. The van der Waals surface area contributed by atoms with Gasteiger partial charge in [0.2, 0.25) is 0 Å². The maximum atomic E-state index is 10.5. The van der Waals surface area contributed by atoms with Crippen molar-refractivity contribution in [1.29, 1.82) is 0 Å². The van der Waals surface area contributed by atoms with Gasteiger partial charge in [-0.3, -0.25) is 0 Å². The van der Waals surface area contributed by atoms with Crippen molar-refractivity contribution in [3.8, 4) is 11.5 Å². The maximum Gasteiger partial charge on any atom is 0.341 e. The maximum absolute atomic E-state index is 10.5. The summed E-state index contributed by atoms with van der Waals surface area (Å²) in [6.45, 7) is -0.426. The Kier molecular flexibility index (Phi) is 4.28. The summed E-state index contributed by atoms with van der Waals surface area (Å²) in [6, 6.07) is 5.04. The number of aliphatic carboxylic acids is 1. The van der Waals surface area contributed by atoms with Gasteiger partial charge in [-0.25, -0.2) is 9.47 Å². The van der Waals surface area contributed by atoms with Gasteiger partial charge >= 0.3 is 5.97 Å². The van der Waals surface area contributed by atoms with Crippen LogP contribution >= 0.6 is 0 Å². The van der Waals surface area contributed by atoms with Crippen molar-refractivity contribution in [2.45, 2.75) is 0 Å². The number of nitrogens with zero attached hydrogens (tertiary/aromatic N) is 4. The van der Waals surface area contributed by atoms with E-state index >= 15 is 0 Å². The molecule has 0 unspecified atom stereocenters. The van der Waals surface area contributed by atoms with Gasteiger partial charge in [0.05, 0.1) is 13.3 Å². The zero-order chi connectivity index (χ0) is 14.4. The lowest BCUT2D eigenvalue weighted by Gasteiger charge is -2.09. The molecule has 104 valence electrons. The zero-order valence-corrected chi connectivity index (χ0v) is 10.6. The Balaban J connectivity index is 2.14. The molecule has 0 bridgehead atoms. The second-order valence-electron chi connectivity index (χ2n) is 3.68. The van der Waals surface area contributed by atoms with Crippen molar-refractivity contribution in [1.82, 2.24) is 14.9 Å². The van der Waals surface area contributed by atoms with E-state index in [2.05, 4.69) is 15.3 Å². The second kappa shape index (κ2) is 6.32. The molecule has 1 N–H and O–H groups in total. The molecule has 0 saturated heterocycles. The third kappa shape index (κ3) is 3.55. The average Bonchev–Trinajstić information content (AvgIpc) is 2.96. The fourth-order valence-electron chi connectivity index (χ4n) is 1.41. The summed E-state index contributed by atoms with van der Waals surface area (Å²) < 4.78 is 11.7. The first-order valence-corrected chi connectivity index (χ1v) is 5.60.